The van der Waals surface area contributed by atoms with E-state index in [-0.39, 0.29) is 10.8 Å². The molecule has 0 saturated heterocycles. The SMILES string of the molecule is C=CCCC(NS(=O)C(C)(C)C)c1cnccc1Br. The minimum absolute atomic E-state index is 0.00105. The highest BCUT2D eigenvalue weighted by atomic mass is 79.9. The Balaban J connectivity index is 2.93. The lowest BCUT2D eigenvalue weighted by Crippen LogP contribution is -2.35. The van der Waals surface area contributed by atoms with Crippen molar-refractivity contribution in [1.29, 1.82) is 0 Å². The van der Waals surface area contributed by atoms with Gasteiger partial charge in [-0.1, -0.05) is 22.0 Å². The van der Waals surface area contributed by atoms with E-state index in [4.69, 9.17) is 0 Å². The molecule has 1 rings (SSSR count). The highest BCUT2D eigenvalue weighted by molar-refractivity contribution is 9.10. The number of nitrogens with zero attached hydrogens (tertiary/aromatic N) is 1. The van der Waals surface area contributed by atoms with E-state index in [9.17, 15) is 4.21 Å². The summed E-state index contributed by atoms with van der Waals surface area (Å²) in [6.45, 7) is 9.62. The van der Waals surface area contributed by atoms with Gasteiger partial charge in [0.25, 0.3) is 0 Å². The predicted octanol–water partition coefficient (Wildman–Crippen LogP) is 3.90. The van der Waals surface area contributed by atoms with Crippen LogP contribution >= 0.6 is 15.9 Å². The maximum absolute atomic E-state index is 12.3. The molecule has 0 radical (unpaired) electrons. The second-order valence-corrected chi connectivity index (χ2v) is 8.17. The lowest BCUT2D eigenvalue weighted by Gasteiger charge is -2.24. The first-order valence-corrected chi connectivity index (χ1v) is 8.19. The van der Waals surface area contributed by atoms with Crippen LogP contribution in [0, 0.1) is 0 Å². The summed E-state index contributed by atoms with van der Waals surface area (Å²) in [5.41, 5.74) is 1.03. The van der Waals surface area contributed by atoms with Crippen LogP contribution in [0.25, 0.3) is 0 Å². The molecular weight excluding hydrogens is 324 g/mol. The molecule has 1 aromatic rings. The minimum atomic E-state index is -1.11. The van der Waals surface area contributed by atoms with Gasteiger partial charge in [-0.2, -0.15) is 0 Å². The molecule has 0 aliphatic heterocycles. The molecule has 0 aliphatic rings. The molecule has 106 valence electrons. The average molecular weight is 345 g/mol. The van der Waals surface area contributed by atoms with E-state index < -0.39 is 11.0 Å². The second kappa shape index (κ2) is 7.31. The maximum Gasteiger partial charge on any atom is 0.0975 e. The van der Waals surface area contributed by atoms with Crippen molar-refractivity contribution in [3.05, 3.63) is 41.2 Å². The van der Waals surface area contributed by atoms with Gasteiger partial charge in [0.1, 0.15) is 0 Å². The van der Waals surface area contributed by atoms with Crippen LogP contribution in [-0.4, -0.2) is 13.9 Å². The largest absolute Gasteiger partial charge is 0.264 e. The van der Waals surface area contributed by atoms with Crippen molar-refractivity contribution in [2.24, 2.45) is 0 Å². The first-order chi connectivity index (χ1) is 8.86. The van der Waals surface area contributed by atoms with Crippen LogP contribution in [0.15, 0.2) is 35.6 Å². The molecule has 3 nitrogen and oxygen atoms in total. The number of allylic oxidation sites excluding steroid dienone is 1. The van der Waals surface area contributed by atoms with Gasteiger partial charge in [-0.15, -0.1) is 6.58 Å². The Morgan fingerprint density at radius 2 is 2.26 bits per heavy atom. The van der Waals surface area contributed by atoms with Crippen molar-refractivity contribution in [3.63, 3.8) is 0 Å². The van der Waals surface area contributed by atoms with E-state index >= 15 is 0 Å². The van der Waals surface area contributed by atoms with Gasteiger partial charge < -0.3 is 0 Å². The zero-order chi connectivity index (χ0) is 14.5. The molecule has 0 aliphatic carbocycles. The van der Waals surface area contributed by atoms with Gasteiger partial charge >= 0.3 is 0 Å². The molecule has 2 atom stereocenters. The van der Waals surface area contributed by atoms with E-state index in [0.717, 1.165) is 22.9 Å². The standard InChI is InChI=1S/C14H21BrN2OS/c1-5-6-7-13(17-19(18)14(2,3)4)11-10-16-9-8-12(11)15/h5,8-10,13,17H,1,6-7H2,2-4H3. The molecule has 0 spiro atoms. The van der Waals surface area contributed by atoms with E-state index in [2.05, 4.69) is 32.2 Å². The molecule has 19 heavy (non-hydrogen) atoms. The maximum atomic E-state index is 12.3. The highest BCUT2D eigenvalue weighted by Gasteiger charge is 2.24. The third-order valence-corrected chi connectivity index (χ3v) is 4.97. The fraction of sp³-hybridized carbons (Fsp3) is 0.500. The number of nitrogens with one attached hydrogen (secondary N) is 1. The zero-order valence-electron chi connectivity index (χ0n) is 11.6. The van der Waals surface area contributed by atoms with Gasteiger partial charge in [-0.3, -0.25) is 4.98 Å². The van der Waals surface area contributed by atoms with Crippen molar-refractivity contribution in [2.75, 3.05) is 0 Å². The molecule has 0 saturated carbocycles. The Bertz CT molecular complexity index is 457. The van der Waals surface area contributed by atoms with Gasteiger partial charge in [0.05, 0.1) is 15.7 Å². The molecule has 0 bridgehead atoms. The number of rotatable bonds is 6. The van der Waals surface area contributed by atoms with Crippen LogP contribution < -0.4 is 4.72 Å². The highest BCUT2D eigenvalue weighted by Crippen LogP contribution is 2.27. The van der Waals surface area contributed by atoms with E-state index in [1.165, 1.54) is 0 Å². The van der Waals surface area contributed by atoms with Crippen LogP contribution in [0.4, 0.5) is 0 Å². The summed E-state index contributed by atoms with van der Waals surface area (Å²) in [6, 6.07) is 1.90. The van der Waals surface area contributed by atoms with Crippen molar-refractivity contribution < 1.29 is 4.21 Å². The Morgan fingerprint density at radius 3 is 2.79 bits per heavy atom. The number of hydrogen-bond donors (Lipinski definition) is 1. The summed E-state index contributed by atoms with van der Waals surface area (Å²) >= 11 is 3.52. The minimum Gasteiger partial charge on any atom is -0.264 e. The first-order valence-electron chi connectivity index (χ1n) is 6.24. The van der Waals surface area contributed by atoms with Gasteiger partial charge in [0.15, 0.2) is 0 Å². The number of pyridine rings is 1. The molecule has 2 unspecified atom stereocenters. The predicted molar refractivity (Wildman–Crippen MR) is 85.1 cm³/mol. The number of halogens is 1. The Hall–Kier alpha value is -0.520. The zero-order valence-corrected chi connectivity index (χ0v) is 14.1. The van der Waals surface area contributed by atoms with Crippen molar-refractivity contribution >= 4 is 26.9 Å². The lowest BCUT2D eigenvalue weighted by atomic mass is 10.1. The van der Waals surface area contributed by atoms with Crippen LogP contribution in [0.3, 0.4) is 0 Å². The van der Waals surface area contributed by atoms with Gasteiger partial charge in [-0.25, -0.2) is 8.93 Å². The van der Waals surface area contributed by atoms with Crippen LogP contribution in [0.5, 0.6) is 0 Å². The lowest BCUT2D eigenvalue weighted by molar-refractivity contribution is 0.572. The summed E-state index contributed by atoms with van der Waals surface area (Å²) in [5, 5.41) is 0. The molecule has 0 amide bonds. The van der Waals surface area contributed by atoms with Crippen LogP contribution in [0.1, 0.15) is 45.2 Å². The van der Waals surface area contributed by atoms with E-state index in [0.29, 0.717) is 0 Å². The number of hydrogen-bond acceptors (Lipinski definition) is 2. The van der Waals surface area contributed by atoms with Crippen LogP contribution in [-0.2, 0) is 11.0 Å². The molecule has 0 aromatic carbocycles. The van der Waals surface area contributed by atoms with Crippen molar-refractivity contribution in [3.8, 4) is 0 Å². The fourth-order valence-electron chi connectivity index (χ4n) is 1.51. The Labute approximate surface area is 126 Å². The molecule has 1 N–H and O–H groups in total. The van der Waals surface area contributed by atoms with Crippen molar-refractivity contribution in [2.45, 2.75) is 44.4 Å². The van der Waals surface area contributed by atoms with Crippen molar-refractivity contribution in [1.82, 2.24) is 9.71 Å². The quantitative estimate of drug-likeness (QED) is 0.795. The molecule has 1 heterocycles. The third kappa shape index (κ3) is 5.16. The monoisotopic (exact) mass is 344 g/mol. The van der Waals surface area contributed by atoms with Crippen LogP contribution in [0.2, 0.25) is 0 Å². The average Bonchev–Trinajstić information content (AvgIpc) is 2.34. The van der Waals surface area contributed by atoms with E-state index in [1.807, 2.05) is 39.1 Å². The first kappa shape index (κ1) is 16.5. The summed E-state index contributed by atoms with van der Waals surface area (Å²) in [5.74, 6) is 0. The second-order valence-electron chi connectivity index (χ2n) is 5.31. The Kier molecular flexibility index (Phi) is 6.36. The number of aromatic nitrogens is 1. The summed E-state index contributed by atoms with van der Waals surface area (Å²) in [7, 11) is -1.11. The smallest absolute Gasteiger partial charge is 0.0975 e. The topological polar surface area (TPSA) is 42.0 Å². The summed E-state index contributed by atoms with van der Waals surface area (Å²) in [4.78, 5) is 4.15. The molecule has 5 heteroatoms. The molecular formula is C14H21BrN2OS. The molecule has 0 fully saturated rings. The summed E-state index contributed by atoms with van der Waals surface area (Å²) < 4.78 is 16.2. The van der Waals surface area contributed by atoms with Gasteiger partial charge in [0.2, 0.25) is 0 Å². The third-order valence-electron chi connectivity index (χ3n) is 2.64. The van der Waals surface area contributed by atoms with Gasteiger partial charge in [-0.05, 0) is 39.7 Å². The molecule has 1 aromatic heterocycles. The van der Waals surface area contributed by atoms with Gasteiger partial charge in [0, 0.05) is 28.5 Å². The Morgan fingerprint density at radius 1 is 1.58 bits per heavy atom. The summed E-state index contributed by atoms with van der Waals surface area (Å²) in [6.07, 6.45) is 7.12. The fourth-order valence-corrected chi connectivity index (χ4v) is 2.87. The van der Waals surface area contributed by atoms with E-state index in [1.54, 1.807) is 6.20 Å². The normalized spacial score (nSPS) is 14.9.